The van der Waals surface area contributed by atoms with E-state index < -0.39 is 0 Å². The molecule has 2 heterocycles. The van der Waals surface area contributed by atoms with Gasteiger partial charge in [-0.05, 0) is 43.7 Å². The van der Waals surface area contributed by atoms with Crippen LogP contribution < -0.4 is 5.73 Å². The van der Waals surface area contributed by atoms with E-state index in [0.29, 0.717) is 5.71 Å². The lowest BCUT2D eigenvalue weighted by Crippen LogP contribution is -2.07. The molecule has 0 amide bonds. The van der Waals surface area contributed by atoms with Crippen LogP contribution in [-0.2, 0) is 12.8 Å². The number of nitrogens with zero attached hydrogens (tertiary/aromatic N) is 1. The fourth-order valence-electron chi connectivity index (χ4n) is 3.36. The second kappa shape index (κ2) is 4.62. The van der Waals surface area contributed by atoms with Gasteiger partial charge in [-0.3, -0.25) is 0 Å². The number of anilines is 1. The fraction of sp³-hybridized carbons (Fsp3) is 0.278. The number of rotatable bonds is 1. The third kappa shape index (κ3) is 1.84. The predicted molar refractivity (Wildman–Crippen MR) is 85.2 cm³/mol. The second-order valence-corrected chi connectivity index (χ2v) is 5.74. The molecule has 1 aliphatic carbocycles. The van der Waals surface area contributed by atoms with Crippen LogP contribution in [0.5, 0.6) is 0 Å². The van der Waals surface area contributed by atoms with Gasteiger partial charge in [-0.2, -0.15) is 0 Å². The minimum atomic E-state index is 0.685. The molecule has 21 heavy (non-hydrogen) atoms. The van der Waals surface area contributed by atoms with Crippen molar-refractivity contribution in [1.29, 1.82) is 0 Å². The molecule has 1 aromatic carbocycles. The number of furan rings is 1. The highest BCUT2D eigenvalue weighted by atomic mass is 16.3. The second-order valence-electron chi connectivity index (χ2n) is 5.74. The zero-order valence-corrected chi connectivity index (χ0v) is 12.1. The van der Waals surface area contributed by atoms with Gasteiger partial charge in [-0.1, -0.05) is 30.3 Å². The summed E-state index contributed by atoms with van der Waals surface area (Å²) in [6.07, 6.45) is 4.57. The summed E-state index contributed by atoms with van der Waals surface area (Å²) in [7, 11) is 0. The van der Waals surface area contributed by atoms with Gasteiger partial charge in [0.15, 0.2) is 0 Å². The van der Waals surface area contributed by atoms with Crippen molar-refractivity contribution in [3.63, 3.8) is 0 Å². The number of pyridine rings is 1. The summed E-state index contributed by atoms with van der Waals surface area (Å²) in [5.41, 5.74) is 12.6. The molecule has 106 valence electrons. The maximum absolute atomic E-state index is 6.22. The first-order valence-electron chi connectivity index (χ1n) is 7.51. The number of nitrogen functional groups attached to an aromatic ring is 1. The molecule has 2 aromatic heterocycles. The van der Waals surface area contributed by atoms with Crippen molar-refractivity contribution < 1.29 is 4.42 Å². The molecule has 0 spiro atoms. The maximum atomic E-state index is 6.22. The highest BCUT2D eigenvalue weighted by molar-refractivity contribution is 5.95. The van der Waals surface area contributed by atoms with Gasteiger partial charge in [0.1, 0.15) is 5.76 Å². The minimum Gasteiger partial charge on any atom is -0.441 e. The van der Waals surface area contributed by atoms with E-state index in [0.717, 1.165) is 40.9 Å². The van der Waals surface area contributed by atoms with Gasteiger partial charge in [0.25, 0.3) is 0 Å². The first kappa shape index (κ1) is 12.5. The van der Waals surface area contributed by atoms with Gasteiger partial charge >= 0.3 is 0 Å². The van der Waals surface area contributed by atoms with Crippen molar-refractivity contribution in [2.24, 2.45) is 0 Å². The van der Waals surface area contributed by atoms with Crippen molar-refractivity contribution in [2.75, 3.05) is 5.73 Å². The van der Waals surface area contributed by atoms with E-state index in [1.807, 2.05) is 13.0 Å². The van der Waals surface area contributed by atoms with Gasteiger partial charge in [-0.25, -0.2) is 4.98 Å². The predicted octanol–water partition coefficient (Wildman–Crippen LogP) is 4.26. The van der Waals surface area contributed by atoms with Crippen LogP contribution in [0, 0.1) is 6.92 Å². The van der Waals surface area contributed by atoms with Crippen LogP contribution in [0.25, 0.3) is 22.4 Å². The van der Waals surface area contributed by atoms with Crippen LogP contribution in [0.2, 0.25) is 0 Å². The molecule has 0 bridgehead atoms. The van der Waals surface area contributed by atoms with Crippen LogP contribution in [0.15, 0.2) is 34.7 Å². The fourth-order valence-corrected chi connectivity index (χ4v) is 3.36. The molecule has 0 saturated heterocycles. The van der Waals surface area contributed by atoms with Gasteiger partial charge in [0, 0.05) is 5.56 Å². The molecule has 0 unspecified atom stereocenters. The van der Waals surface area contributed by atoms with Crippen molar-refractivity contribution in [1.82, 2.24) is 4.98 Å². The van der Waals surface area contributed by atoms with Crippen molar-refractivity contribution >= 4 is 16.8 Å². The first-order valence-corrected chi connectivity index (χ1v) is 7.51. The van der Waals surface area contributed by atoms with E-state index in [1.54, 1.807) is 0 Å². The summed E-state index contributed by atoms with van der Waals surface area (Å²) >= 11 is 0. The summed E-state index contributed by atoms with van der Waals surface area (Å²) in [6.45, 7) is 1.91. The Hall–Kier alpha value is -2.29. The monoisotopic (exact) mass is 278 g/mol. The number of nitrogens with two attached hydrogens (primary N) is 1. The van der Waals surface area contributed by atoms with Crippen LogP contribution in [0.1, 0.15) is 29.7 Å². The highest BCUT2D eigenvalue weighted by Crippen LogP contribution is 2.39. The Bertz CT molecular complexity index is 818. The normalized spacial score (nSPS) is 14.3. The molecular weight excluding hydrogens is 260 g/mol. The van der Waals surface area contributed by atoms with E-state index in [4.69, 9.17) is 15.1 Å². The Labute approximate surface area is 123 Å². The standard InChI is InChI=1S/C18H18N2O/c1-11-16(19)15-13-9-5-6-10-14(13)17(20-18(15)21-11)12-7-3-2-4-8-12/h2-4,7-8H,5-6,9-10,19H2,1H3. The molecule has 0 aliphatic heterocycles. The molecule has 0 saturated carbocycles. The molecule has 0 atom stereocenters. The maximum Gasteiger partial charge on any atom is 0.229 e. The van der Waals surface area contributed by atoms with Crippen LogP contribution >= 0.6 is 0 Å². The Morgan fingerprint density at radius 2 is 1.76 bits per heavy atom. The molecule has 4 rings (SSSR count). The van der Waals surface area contributed by atoms with E-state index in [-0.39, 0.29) is 0 Å². The van der Waals surface area contributed by atoms with Gasteiger partial charge in [0.05, 0.1) is 16.8 Å². The lowest BCUT2D eigenvalue weighted by Gasteiger charge is -2.19. The van der Waals surface area contributed by atoms with Gasteiger partial charge < -0.3 is 10.2 Å². The molecule has 0 fully saturated rings. The SMILES string of the molecule is Cc1oc2nc(-c3ccccc3)c3c(c2c1N)CCCC3. The van der Waals surface area contributed by atoms with E-state index in [9.17, 15) is 0 Å². The Morgan fingerprint density at radius 3 is 2.52 bits per heavy atom. The largest absolute Gasteiger partial charge is 0.441 e. The molecule has 3 nitrogen and oxygen atoms in total. The quantitative estimate of drug-likeness (QED) is 0.723. The minimum absolute atomic E-state index is 0.685. The average molecular weight is 278 g/mol. The number of aryl methyl sites for hydroxylation is 2. The van der Waals surface area contributed by atoms with E-state index in [1.165, 1.54) is 24.0 Å². The molecular formula is C18H18N2O. The summed E-state index contributed by atoms with van der Waals surface area (Å²) in [4.78, 5) is 4.79. The topological polar surface area (TPSA) is 52.0 Å². The van der Waals surface area contributed by atoms with Gasteiger partial charge in [-0.15, -0.1) is 0 Å². The number of fused-ring (bicyclic) bond motifs is 3. The van der Waals surface area contributed by atoms with Crippen LogP contribution in [0.3, 0.4) is 0 Å². The number of hydrogen-bond donors (Lipinski definition) is 1. The third-order valence-corrected chi connectivity index (χ3v) is 4.43. The van der Waals surface area contributed by atoms with Crippen LogP contribution in [-0.4, -0.2) is 4.98 Å². The highest BCUT2D eigenvalue weighted by Gasteiger charge is 2.23. The number of aromatic nitrogens is 1. The molecule has 3 heteroatoms. The van der Waals surface area contributed by atoms with Crippen molar-refractivity contribution in [2.45, 2.75) is 32.6 Å². The number of benzene rings is 1. The lowest BCUT2D eigenvalue weighted by molar-refractivity contribution is 0.568. The summed E-state index contributed by atoms with van der Waals surface area (Å²) in [6, 6.07) is 10.4. The molecule has 3 aromatic rings. The summed E-state index contributed by atoms with van der Waals surface area (Å²) in [5, 5.41) is 1.04. The average Bonchev–Trinajstić information content (AvgIpc) is 2.82. The van der Waals surface area contributed by atoms with Crippen molar-refractivity contribution in [3.8, 4) is 11.3 Å². The number of hydrogen-bond acceptors (Lipinski definition) is 3. The van der Waals surface area contributed by atoms with E-state index in [2.05, 4.69) is 24.3 Å². The molecule has 1 aliphatic rings. The Balaban J connectivity index is 2.08. The van der Waals surface area contributed by atoms with Crippen LogP contribution in [0.4, 0.5) is 5.69 Å². The third-order valence-electron chi connectivity index (χ3n) is 4.43. The van der Waals surface area contributed by atoms with E-state index >= 15 is 0 Å². The zero-order valence-electron chi connectivity index (χ0n) is 12.1. The van der Waals surface area contributed by atoms with Crippen molar-refractivity contribution in [3.05, 3.63) is 47.2 Å². The smallest absolute Gasteiger partial charge is 0.229 e. The Kier molecular flexibility index (Phi) is 2.74. The molecule has 0 radical (unpaired) electrons. The lowest BCUT2D eigenvalue weighted by atomic mass is 9.87. The Morgan fingerprint density at radius 1 is 1.05 bits per heavy atom. The molecule has 2 N–H and O–H groups in total. The zero-order chi connectivity index (χ0) is 14.4. The summed E-state index contributed by atoms with van der Waals surface area (Å²) < 4.78 is 5.79. The summed E-state index contributed by atoms with van der Waals surface area (Å²) in [5.74, 6) is 0.774. The first-order chi connectivity index (χ1) is 10.3. The van der Waals surface area contributed by atoms with Gasteiger partial charge in [0.2, 0.25) is 5.71 Å².